The minimum atomic E-state index is 1.10. The lowest BCUT2D eigenvalue weighted by Crippen LogP contribution is -2.34. The molecular formula is C12H25N3. The highest BCUT2D eigenvalue weighted by atomic mass is 15.2. The Morgan fingerprint density at radius 3 is 1.80 bits per heavy atom. The molecule has 0 aliphatic carbocycles. The van der Waals surface area contributed by atoms with Crippen molar-refractivity contribution in [3.05, 3.63) is 12.2 Å². The van der Waals surface area contributed by atoms with Crippen LogP contribution in [-0.4, -0.2) is 74.6 Å². The van der Waals surface area contributed by atoms with E-state index in [1.54, 1.807) is 0 Å². The summed E-state index contributed by atoms with van der Waals surface area (Å²) in [6.07, 6.45) is 4.39. The smallest absolute Gasteiger partial charge is 0.0164 e. The molecule has 0 amide bonds. The zero-order chi connectivity index (χ0) is 11.1. The molecule has 0 bridgehead atoms. The van der Waals surface area contributed by atoms with Crippen LogP contribution in [0.2, 0.25) is 0 Å². The Balaban J connectivity index is 2.41. The van der Waals surface area contributed by atoms with Gasteiger partial charge in [-0.1, -0.05) is 12.2 Å². The molecule has 0 atom stereocenters. The minimum absolute atomic E-state index is 1.10. The van der Waals surface area contributed by atoms with Gasteiger partial charge in [0.15, 0.2) is 0 Å². The lowest BCUT2D eigenvalue weighted by Gasteiger charge is -2.22. The third-order valence-corrected chi connectivity index (χ3v) is 3.06. The summed E-state index contributed by atoms with van der Waals surface area (Å²) in [4.78, 5) is 7.37. The highest BCUT2D eigenvalue weighted by molar-refractivity contribution is 4.82. The standard InChI is InChI=1S/C12H25N3/c1-4-5-6-15-11-9-13(2)7-8-14(3)10-12-15/h4-5H,6-12H2,1-3H3/b5-4+. The zero-order valence-corrected chi connectivity index (χ0v) is 10.4. The van der Waals surface area contributed by atoms with Gasteiger partial charge in [-0.25, -0.2) is 0 Å². The zero-order valence-electron chi connectivity index (χ0n) is 10.4. The summed E-state index contributed by atoms with van der Waals surface area (Å²) in [6, 6.07) is 0. The summed E-state index contributed by atoms with van der Waals surface area (Å²) >= 11 is 0. The van der Waals surface area contributed by atoms with E-state index >= 15 is 0 Å². The second-order valence-electron chi connectivity index (χ2n) is 4.48. The molecule has 0 spiro atoms. The predicted molar refractivity (Wildman–Crippen MR) is 66.2 cm³/mol. The molecule has 1 aliphatic rings. The molecule has 88 valence electrons. The Bertz CT molecular complexity index is 177. The highest BCUT2D eigenvalue weighted by Crippen LogP contribution is 1.97. The summed E-state index contributed by atoms with van der Waals surface area (Å²) in [5.41, 5.74) is 0. The molecule has 0 aromatic heterocycles. The number of hydrogen-bond acceptors (Lipinski definition) is 3. The molecule has 0 aromatic rings. The third-order valence-electron chi connectivity index (χ3n) is 3.06. The molecule has 1 fully saturated rings. The summed E-state index contributed by atoms with van der Waals surface area (Å²) in [7, 11) is 4.43. The number of nitrogens with zero attached hydrogens (tertiary/aromatic N) is 3. The van der Waals surface area contributed by atoms with Gasteiger partial charge in [0.05, 0.1) is 0 Å². The van der Waals surface area contributed by atoms with Crippen LogP contribution in [0.1, 0.15) is 6.92 Å². The highest BCUT2D eigenvalue weighted by Gasteiger charge is 2.10. The Morgan fingerprint density at radius 2 is 1.33 bits per heavy atom. The van der Waals surface area contributed by atoms with Crippen LogP contribution in [0.15, 0.2) is 12.2 Å². The average molecular weight is 211 g/mol. The average Bonchev–Trinajstić information content (AvgIpc) is 2.31. The largest absolute Gasteiger partial charge is 0.304 e. The first-order chi connectivity index (χ1) is 7.22. The van der Waals surface area contributed by atoms with E-state index in [0.717, 1.165) is 6.54 Å². The van der Waals surface area contributed by atoms with Gasteiger partial charge in [-0.3, -0.25) is 4.90 Å². The van der Waals surface area contributed by atoms with Crippen LogP contribution in [0, 0.1) is 0 Å². The fourth-order valence-electron chi connectivity index (χ4n) is 1.74. The SMILES string of the molecule is C/C=C/CN1CCN(C)CCN(C)CC1. The van der Waals surface area contributed by atoms with Crippen molar-refractivity contribution in [1.29, 1.82) is 0 Å². The molecule has 0 radical (unpaired) electrons. The van der Waals surface area contributed by atoms with Crippen molar-refractivity contribution in [2.24, 2.45) is 0 Å². The van der Waals surface area contributed by atoms with Gasteiger partial charge in [-0.05, 0) is 21.0 Å². The lowest BCUT2D eigenvalue weighted by molar-refractivity contribution is 0.255. The van der Waals surface area contributed by atoms with Crippen LogP contribution in [-0.2, 0) is 0 Å². The molecule has 1 heterocycles. The summed E-state index contributed by atoms with van der Waals surface area (Å²) in [5, 5.41) is 0. The maximum Gasteiger partial charge on any atom is 0.0164 e. The molecule has 1 rings (SSSR count). The fourth-order valence-corrected chi connectivity index (χ4v) is 1.74. The van der Waals surface area contributed by atoms with Crippen molar-refractivity contribution in [3.8, 4) is 0 Å². The molecule has 3 heteroatoms. The van der Waals surface area contributed by atoms with Gasteiger partial charge in [0.1, 0.15) is 0 Å². The second kappa shape index (κ2) is 6.99. The molecule has 0 aromatic carbocycles. The first-order valence-electron chi connectivity index (χ1n) is 5.93. The number of rotatable bonds is 2. The molecule has 15 heavy (non-hydrogen) atoms. The van der Waals surface area contributed by atoms with Crippen molar-refractivity contribution in [2.45, 2.75) is 6.92 Å². The van der Waals surface area contributed by atoms with Crippen LogP contribution in [0.5, 0.6) is 0 Å². The summed E-state index contributed by atoms with van der Waals surface area (Å²) < 4.78 is 0. The first-order valence-corrected chi connectivity index (χ1v) is 5.93. The summed E-state index contributed by atoms with van der Waals surface area (Å²) in [6.45, 7) is 10.3. The van der Waals surface area contributed by atoms with Crippen LogP contribution in [0.3, 0.4) is 0 Å². The second-order valence-corrected chi connectivity index (χ2v) is 4.48. The van der Waals surface area contributed by atoms with E-state index in [4.69, 9.17) is 0 Å². The van der Waals surface area contributed by atoms with E-state index in [0.29, 0.717) is 0 Å². The molecule has 0 N–H and O–H groups in total. The number of allylic oxidation sites excluding steroid dienone is 1. The Kier molecular flexibility index (Phi) is 5.91. The summed E-state index contributed by atoms with van der Waals surface area (Å²) in [5.74, 6) is 0. The van der Waals surface area contributed by atoms with Crippen molar-refractivity contribution >= 4 is 0 Å². The quantitative estimate of drug-likeness (QED) is 0.624. The Labute approximate surface area is 94.3 Å². The van der Waals surface area contributed by atoms with Crippen molar-refractivity contribution in [1.82, 2.24) is 14.7 Å². The third kappa shape index (κ3) is 5.30. The van der Waals surface area contributed by atoms with Gasteiger partial charge in [0.25, 0.3) is 0 Å². The van der Waals surface area contributed by atoms with Gasteiger partial charge in [-0.2, -0.15) is 0 Å². The van der Waals surface area contributed by atoms with Gasteiger partial charge < -0.3 is 9.80 Å². The van der Waals surface area contributed by atoms with Crippen molar-refractivity contribution < 1.29 is 0 Å². The predicted octanol–water partition coefficient (Wildman–Crippen LogP) is 0.742. The van der Waals surface area contributed by atoms with Crippen LogP contribution in [0.4, 0.5) is 0 Å². The van der Waals surface area contributed by atoms with Crippen molar-refractivity contribution in [3.63, 3.8) is 0 Å². The van der Waals surface area contributed by atoms with Gasteiger partial charge in [-0.15, -0.1) is 0 Å². The van der Waals surface area contributed by atoms with E-state index in [1.165, 1.54) is 39.3 Å². The molecule has 0 unspecified atom stereocenters. The molecule has 1 saturated heterocycles. The maximum absolute atomic E-state index is 2.53. The van der Waals surface area contributed by atoms with Crippen molar-refractivity contribution in [2.75, 3.05) is 59.9 Å². The van der Waals surface area contributed by atoms with E-state index < -0.39 is 0 Å². The Hall–Kier alpha value is -0.380. The van der Waals surface area contributed by atoms with Crippen LogP contribution >= 0.6 is 0 Å². The molecular weight excluding hydrogens is 186 g/mol. The number of likely N-dealkylation sites (N-methyl/N-ethyl adjacent to an activating group) is 2. The van der Waals surface area contributed by atoms with E-state index in [1.807, 2.05) is 0 Å². The molecule has 0 saturated carbocycles. The van der Waals surface area contributed by atoms with Gasteiger partial charge in [0, 0.05) is 45.8 Å². The van der Waals surface area contributed by atoms with E-state index in [2.05, 4.69) is 47.9 Å². The molecule has 1 aliphatic heterocycles. The maximum atomic E-state index is 2.53. The number of hydrogen-bond donors (Lipinski definition) is 0. The monoisotopic (exact) mass is 211 g/mol. The lowest BCUT2D eigenvalue weighted by atomic mass is 10.4. The van der Waals surface area contributed by atoms with E-state index in [-0.39, 0.29) is 0 Å². The van der Waals surface area contributed by atoms with Gasteiger partial charge in [0.2, 0.25) is 0 Å². The van der Waals surface area contributed by atoms with Gasteiger partial charge >= 0.3 is 0 Å². The van der Waals surface area contributed by atoms with Crippen LogP contribution < -0.4 is 0 Å². The first kappa shape index (κ1) is 12.7. The van der Waals surface area contributed by atoms with Crippen LogP contribution in [0.25, 0.3) is 0 Å². The minimum Gasteiger partial charge on any atom is -0.304 e. The van der Waals surface area contributed by atoms with E-state index in [9.17, 15) is 0 Å². The fraction of sp³-hybridized carbons (Fsp3) is 0.833. The topological polar surface area (TPSA) is 9.72 Å². The normalized spacial score (nSPS) is 23.9. The Morgan fingerprint density at radius 1 is 0.867 bits per heavy atom. The molecule has 3 nitrogen and oxygen atoms in total.